The van der Waals surface area contributed by atoms with Gasteiger partial charge in [0.2, 0.25) is 0 Å². The first-order chi connectivity index (χ1) is 8.09. The maximum atomic E-state index is 8.92. The van der Waals surface area contributed by atoms with Crippen LogP contribution in [0.1, 0.15) is 31.4 Å². The Hall–Kier alpha value is -1.37. The molecule has 0 aliphatic heterocycles. The SMILES string of the molecule is COC(C)(C)CCOCc1ccccc1C#N. The van der Waals surface area contributed by atoms with E-state index in [-0.39, 0.29) is 5.60 Å². The van der Waals surface area contributed by atoms with Gasteiger partial charge < -0.3 is 9.47 Å². The second-order valence-electron chi connectivity index (χ2n) is 4.54. The maximum absolute atomic E-state index is 8.92. The molecule has 92 valence electrons. The lowest BCUT2D eigenvalue weighted by atomic mass is 10.1. The van der Waals surface area contributed by atoms with Crippen LogP contribution in [0.2, 0.25) is 0 Å². The smallest absolute Gasteiger partial charge is 0.0995 e. The Balaban J connectivity index is 2.39. The fourth-order valence-corrected chi connectivity index (χ4v) is 1.36. The average Bonchev–Trinajstić information content (AvgIpc) is 2.35. The number of hydrogen-bond acceptors (Lipinski definition) is 3. The molecule has 3 nitrogen and oxygen atoms in total. The zero-order valence-corrected chi connectivity index (χ0v) is 10.7. The monoisotopic (exact) mass is 233 g/mol. The Morgan fingerprint density at radius 1 is 1.29 bits per heavy atom. The number of rotatable bonds is 6. The van der Waals surface area contributed by atoms with Crippen molar-refractivity contribution in [2.75, 3.05) is 13.7 Å². The van der Waals surface area contributed by atoms with Gasteiger partial charge >= 0.3 is 0 Å². The molecule has 17 heavy (non-hydrogen) atoms. The summed E-state index contributed by atoms with van der Waals surface area (Å²) in [6, 6.07) is 9.65. The minimum Gasteiger partial charge on any atom is -0.379 e. The number of methoxy groups -OCH3 is 1. The molecule has 0 fully saturated rings. The van der Waals surface area contributed by atoms with Crippen LogP contribution in [0, 0.1) is 11.3 Å². The van der Waals surface area contributed by atoms with Crippen LogP contribution in [0.5, 0.6) is 0 Å². The molecule has 0 bridgehead atoms. The van der Waals surface area contributed by atoms with Crippen molar-refractivity contribution >= 4 is 0 Å². The number of benzene rings is 1. The van der Waals surface area contributed by atoms with E-state index in [1.807, 2.05) is 32.0 Å². The normalized spacial score (nSPS) is 11.2. The van der Waals surface area contributed by atoms with Crippen LogP contribution in [-0.2, 0) is 16.1 Å². The Morgan fingerprint density at radius 3 is 2.65 bits per heavy atom. The lowest BCUT2D eigenvalue weighted by Gasteiger charge is -2.22. The zero-order valence-electron chi connectivity index (χ0n) is 10.7. The predicted octanol–water partition coefficient (Wildman–Crippen LogP) is 2.89. The van der Waals surface area contributed by atoms with Gasteiger partial charge in [-0.2, -0.15) is 5.26 Å². The maximum Gasteiger partial charge on any atom is 0.0995 e. The topological polar surface area (TPSA) is 42.2 Å². The molecule has 0 spiro atoms. The Bertz CT molecular complexity index is 393. The van der Waals surface area contributed by atoms with Crippen molar-refractivity contribution in [3.05, 3.63) is 35.4 Å². The lowest BCUT2D eigenvalue weighted by Crippen LogP contribution is -2.24. The van der Waals surface area contributed by atoms with Crippen LogP contribution >= 0.6 is 0 Å². The van der Waals surface area contributed by atoms with Crippen molar-refractivity contribution < 1.29 is 9.47 Å². The average molecular weight is 233 g/mol. The molecule has 0 saturated carbocycles. The second kappa shape index (κ2) is 6.39. The van der Waals surface area contributed by atoms with E-state index in [1.165, 1.54) is 0 Å². The molecule has 0 heterocycles. The first-order valence-electron chi connectivity index (χ1n) is 5.70. The first kappa shape index (κ1) is 13.7. The first-order valence-corrected chi connectivity index (χ1v) is 5.70. The highest BCUT2D eigenvalue weighted by Gasteiger charge is 2.15. The molecule has 1 rings (SSSR count). The van der Waals surface area contributed by atoms with E-state index in [0.717, 1.165) is 12.0 Å². The van der Waals surface area contributed by atoms with Crippen molar-refractivity contribution in [2.24, 2.45) is 0 Å². The third kappa shape index (κ3) is 4.56. The summed E-state index contributed by atoms with van der Waals surface area (Å²) < 4.78 is 10.9. The van der Waals surface area contributed by atoms with Crippen molar-refractivity contribution in [1.82, 2.24) is 0 Å². The standard InChI is InChI=1S/C14H19NO2/c1-14(2,16-3)8-9-17-11-13-7-5-4-6-12(13)10-15/h4-7H,8-9,11H2,1-3H3. The second-order valence-corrected chi connectivity index (χ2v) is 4.54. The summed E-state index contributed by atoms with van der Waals surface area (Å²) in [6.45, 7) is 5.16. The highest BCUT2D eigenvalue weighted by atomic mass is 16.5. The molecule has 0 aliphatic rings. The van der Waals surface area contributed by atoms with Gasteiger partial charge in [0.1, 0.15) is 0 Å². The largest absolute Gasteiger partial charge is 0.379 e. The summed E-state index contributed by atoms with van der Waals surface area (Å²) in [5.74, 6) is 0. The highest BCUT2D eigenvalue weighted by molar-refractivity contribution is 5.36. The third-order valence-corrected chi connectivity index (χ3v) is 2.80. The summed E-state index contributed by atoms with van der Waals surface area (Å²) in [5, 5.41) is 8.92. The Labute approximate surface area is 103 Å². The van der Waals surface area contributed by atoms with Gasteiger partial charge in [0.05, 0.1) is 23.8 Å². The fraction of sp³-hybridized carbons (Fsp3) is 0.500. The Morgan fingerprint density at radius 2 is 2.00 bits per heavy atom. The minimum atomic E-state index is -0.158. The fourth-order valence-electron chi connectivity index (χ4n) is 1.36. The van der Waals surface area contributed by atoms with Crippen LogP contribution in [0.3, 0.4) is 0 Å². The summed E-state index contributed by atoms with van der Waals surface area (Å²) in [6.07, 6.45) is 0.832. The summed E-state index contributed by atoms with van der Waals surface area (Å²) in [7, 11) is 1.70. The van der Waals surface area contributed by atoms with Gasteiger partial charge in [-0.15, -0.1) is 0 Å². The van der Waals surface area contributed by atoms with Crippen LogP contribution in [0.15, 0.2) is 24.3 Å². The van der Waals surface area contributed by atoms with Gasteiger partial charge in [0, 0.05) is 13.7 Å². The molecule has 0 amide bonds. The van der Waals surface area contributed by atoms with Gasteiger partial charge in [-0.1, -0.05) is 18.2 Å². The number of hydrogen-bond donors (Lipinski definition) is 0. The summed E-state index contributed by atoms with van der Waals surface area (Å²) in [5.41, 5.74) is 1.46. The molecule has 3 heteroatoms. The molecular weight excluding hydrogens is 214 g/mol. The van der Waals surface area contributed by atoms with Crippen molar-refractivity contribution in [3.63, 3.8) is 0 Å². The van der Waals surface area contributed by atoms with Crippen molar-refractivity contribution in [3.8, 4) is 6.07 Å². The molecule has 0 aromatic heterocycles. The van der Waals surface area contributed by atoms with Crippen LogP contribution in [0.25, 0.3) is 0 Å². The van der Waals surface area contributed by atoms with Gasteiger partial charge in [0.25, 0.3) is 0 Å². The molecule has 0 N–H and O–H groups in total. The summed E-state index contributed by atoms with van der Waals surface area (Å²) in [4.78, 5) is 0. The molecule has 0 atom stereocenters. The van der Waals surface area contributed by atoms with E-state index in [1.54, 1.807) is 13.2 Å². The third-order valence-electron chi connectivity index (χ3n) is 2.80. The van der Waals surface area contributed by atoms with Gasteiger partial charge in [0.15, 0.2) is 0 Å². The molecule has 0 saturated heterocycles. The van der Waals surface area contributed by atoms with E-state index in [4.69, 9.17) is 14.7 Å². The van der Waals surface area contributed by atoms with E-state index < -0.39 is 0 Å². The number of ether oxygens (including phenoxy) is 2. The van der Waals surface area contributed by atoms with Crippen LogP contribution in [-0.4, -0.2) is 19.3 Å². The van der Waals surface area contributed by atoms with Gasteiger partial charge in [-0.3, -0.25) is 0 Å². The lowest BCUT2D eigenvalue weighted by molar-refractivity contribution is -0.0124. The van der Waals surface area contributed by atoms with Crippen LogP contribution in [0.4, 0.5) is 0 Å². The van der Waals surface area contributed by atoms with Gasteiger partial charge in [-0.25, -0.2) is 0 Å². The van der Waals surface area contributed by atoms with Crippen molar-refractivity contribution in [2.45, 2.75) is 32.5 Å². The molecule has 1 aromatic carbocycles. The van der Waals surface area contributed by atoms with E-state index in [9.17, 15) is 0 Å². The highest BCUT2D eigenvalue weighted by Crippen LogP contribution is 2.14. The molecule has 0 unspecified atom stereocenters. The molecule has 0 radical (unpaired) electrons. The predicted molar refractivity (Wildman–Crippen MR) is 66.5 cm³/mol. The van der Waals surface area contributed by atoms with Gasteiger partial charge in [-0.05, 0) is 31.9 Å². The van der Waals surface area contributed by atoms with E-state index in [0.29, 0.717) is 18.8 Å². The van der Waals surface area contributed by atoms with Crippen LogP contribution < -0.4 is 0 Å². The Kier molecular flexibility index (Phi) is 5.14. The molecule has 0 aliphatic carbocycles. The van der Waals surface area contributed by atoms with Crippen molar-refractivity contribution in [1.29, 1.82) is 5.26 Å². The van der Waals surface area contributed by atoms with E-state index >= 15 is 0 Å². The number of nitrogens with zero attached hydrogens (tertiary/aromatic N) is 1. The zero-order chi connectivity index (χ0) is 12.7. The minimum absolute atomic E-state index is 0.158. The molecular formula is C14H19NO2. The quantitative estimate of drug-likeness (QED) is 0.709. The number of nitriles is 1. The summed E-state index contributed by atoms with van der Waals surface area (Å²) >= 11 is 0. The van der Waals surface area contributed by atoms with E-state index in [2.05, 4.69) is 6.07 Å². The molecule has 1 aromatic rings.